The maximum atomic E-state index is 10.8. The molecule has 0 aliphatic carbocycles. The van der Waals surface area contributed by atoms with E-state index in [1.165, 1.54) is 0 Å². The molecule has 3 nitrogen and oxygen atoms in total. The second-order valence-electron chi connectivity index (χ2n) is 4.01. The molecule has 1 rings (SSSR count). The van der Waals surface area contributed by atoms with E-state index in [0.717, 1.165) is 19.4 Å². The molecular weight excluding hydrogens is 154 g/mol. The normalized spacial score (nSPS) is 31.9. The van der Waals surface area contributed by atoms with Crippen LogP contribution >= 0.6 is 0 Å². The molecule has 1 fully saturated rings. The van der Waals surface area contributed by atoms with Crippen LogP contribution < -0.4 is 0 Å². The Morgan fingerprint density at radius 3 is 2.83 bits per heavy atom. The van der Waals surface area contributed by atoms with Crippen LogP contribution in [0.2, 0.25) is 0 Å². The van der Waals surface area contributed by atoms with E-state index in [1.807, 2.05) is 11.8 Å². The first-order valence-corrected chi connectivity index (χ1v) is 4.44. The van der Waals surface area contributed by atoms with E-state index in [4.69, 9.17) is 0 Å². The van der Waals surface area contributed by atoms with E-state index in [0.29, 0.717) is 13.1 Å². The molecule has 0 aromatic carbocycles. The molecule has 0 radical (unpaired) electrons. The summed E-state index contributed by atoms with van der Waals surface area (Å²) >= 11 is 0. The Labute approximate surface area is 73.4 Å². The van der Waals surface area contributed by atoms with Crippen LogP contribution in [0.25, 0.3) is 0 Å². The monoisotopic (exact) mass is 171 g/mol. The van der Waals surface area contributed by atoms with Gasteiger partial charge in [-0.3, -0.25) is 9.69 Å². The van der Waals surface area contributed by atoms with Crippen LogP contribution in [-0.2, 0) is 4.79 Å². The zero-order chi connectivity index (χ0) is 9.19. The molecule has 1 saturated heterocycles. The first-order chi connectivity index (χ1) is 5.49. The van der Waals surface area contributed by atoms with Crippen LogP contribution in [-0.4, -0.2) is 41.0 Å². The lowest BCUT2D eigenvalue weighted by atomic mass is 9.95. The number of carbonyl (C=O) groups is 1. The number of Topliss-reactive ketones (excluding diaryl/α,β-unsaturated/α-hetero) is 1. The molecule has 3 heteroatoms. The topological polar surface area (TPSA) is 40.5 Å². The van der Waals surface area contributed by atoms with Crippen molar-refractivity contribution in [2.24, 2.45) is 0 Å². The quantitative estimate of drug-likeness (QED) is 0.654. The van der Waals surface area contributed by atoms with Gasteiger partial charge < -0.3 is 5.11 Å². The van der Waals surface area contributed by atoms with E-state index < -0.39 is 5.60 Å². The second-order valence-corrected chi connectivity index (χ2v) is 4.01. The Hall–Kier alpha value is -0.410. The summed E-state index contributed by atoms with van der Waals surface area (Å²) in [5.41, 5.74) is -0.590. The van der Waals surface area contributed by atoms with Crippen LogP contribution in [0.5, 0.6) is 0 Å². The molecule has 0 aromatic heterocycles. The molecule has 1 aliphatic heterocycles. The van der Waals surface area contributed by atoms with Crippen molar-refractivity contribution in [3.63, 3.8) is 0 Å². The van der Waals surface area contributed by atoms with E-state index in [-0.39, 0.29) is 5.78 Å². The number of ketones is 1. The average Bonchev–Trinajstić information content (AvgIpc) is 1.82. The Bertz CT molecular complexity index is 177. The van der Waals surface area contributed by atoms with Crippen molar-refractivity contribution in [2.45, 2.75) is 32.3 Å². The molecule has 0 aromatic rings. The number of piperidine rings is 1. The second kappa shape index (κ2) is 3.54. The smallest absolute Gasteiger partial charge is 0.143 e. The molecule has 70 valence electrons. The van der Waals surface area contributed by atoms with Gasteiger partial charge in [0.2, 0.25) is 0 Å². The van der Waals surface area contributed by atoms with Crippen molar-refractivity contribution in [1.82, 2.24) is 4.90 Å². The van der Waals surface area contributed by atoms with E-state index in [1.54, 1.807) is 6.92 Å². The summed E-state index contributed by atoms with van der Waals surface area (Å²) < 4.78 is 0. The first-order valence-electron chi connectivity index (χ1n) is 4.44. The maximum Gasteiger partial charge on any atom is 0.143 e. The SMILES string of the molecule is CC(=O)CN1CCCC(C)(O)C1. The maximum absolute atomic E-state index is 10.8. The number of β-amino-alcohol motifs (C(OH)–C–C–N with tert-alkyl or cyclic N) is 1. The van der Waals surface area contributed by atoms with Crippen molar-refractivity contribution >= 4 is 5.78 Å². The third-order valence-corrected chi connectivity index (χ3v) is 2.20. The summed E-state index contributed by atoms with van der Waals surface area (Å²) in [4.78, 5) is 12.8. The van der Waals surface area contributed by atoms with Gasteiger partial charge in [0.25, 0.3) is 0 Å². The van der Waals surface area contributed by atoms with E-state index in [9.17, 15) is 9.90 Å². The summed E-state index contributed by atoms with van der Waals surface area (Å²) in [5, 5.41) is 9.70. The molecule has 0 amide bonds. The summed E-state index contributed by atoms with van der Waals surface area (Å²) in [6.07, 6.45) is 1.84. The van der Waals surface area contributed by atoms with Gasteiger partial charge in [-0.15, -0.1) is 0 Å². The van der Waals surface area contributed by atoms with Gasteiger partial charge in [-0.1, -0.05) is 0 Å². The largest absolute Gasteiger partial charge is 0.389 e. The van der Waals surface area contributed by atoms with Gasteiger partial charge in [-0.2, -0.15) is 0 Å². The third kappa shape index (κ3) is 2.91. The first kappa shape index (κ1) is 9.68. The highest BCUT2D eigenvalue weighted by molar-refractivity contribution is 5.77. The molecular formula is C9H17NO2. The zero-order valence-corrected chi connectivity index (χ0v) is 7.84. The lowest BCUT2D eigenvalue weighted by Gasteiger charge is -2.36. The minimum atomic E-state index is -0.590. The van der Waals surface area contributed by atoms with Crippen molar-refractivity contribution in [1.29, 1.82) is 0 Å². The van der Waals surface area contributed by atoms with Gasteiger partial charge in [0.1, 0.15) is 5.78 Å². The fourth-order valence-electron chi connectivity index (χ4n) is 1.77. The average molecular weight is 171 g/mol. The van der Waals surface area contributed by atoms with Gasteiger partial charge in [0.05, 0.1) is 12.1 Å². The van der Waals surface area contributed by atoms with Gasteiger partial charge in [0, 0.05) is 6.54 Å². The van der Waals surface area contributed by atoms with Crippen LogP contribution in [0, 0.1) is 0 Å². The van der Waals surface area contributed by atoms with Crippen molar-refractivity contribution in [3.8, 4) is 0 Å². The minimum absolute atomic E-state index is 0.174. The number of likely N-dealkylation sites (tertiary alicyclic amines) is 1. The number of carbonyl (C=O) groups excluding carboxylic acids is 1. The summed E-state index contributed by atoms with van der Waals surface area (Å²) in [5.74, 6) is 0.174. The van der Waals surface area contributed by atoms with Gasteiger partial charge in [0.15, 0.2) is 0 Å². The summed E-state index contributed by atoms with van der Waals surface area (Å²) in [6.45, 7) is 5.47. The Kier molecular flexibility index (Phi) is 2.85. The number of aliphatic hydroxyl groups is 1. The van der Waals surface area contributed by atoms with Crippen LogP contribution in [0.15, 0.2) is 0 Å². The highest BCUT2D eigenvalue weighted by Gasteiger charge is 2.28. The fourth-order valence-corrected chi connectivity index (χ4v) is 1.77. The number of hydrogen-bond donors (Lipinski definition) is 1. The standard InChI is InChI=1S/C9H17NO2/c1-8(11)6-10-5-3-4-9(2,12)7-10/h12H,3-7H2,1-2H3. The van der Waals surface area contributed by atoms with Gasteiger partial charge >= 0.3 is 0 Å². The zero-order valence-electron chi connectivity index (χ0n) is 7.84. The molecule has 0 spiro atoms. The van der Waals surface area contributed by atoms with E-state index in [2.05, 4.69) is 0 Å². The van der Waals surface area contributed by atoms with Crippen LogP contribution in [0.1, 0.15) is 26.7 Å². The molecule has 0 bridgehead atoms. The number of hydrogen-bond acceptors (Lipinski definition) is 3. The number of rotatable bonds is 2. The Morgan fingerprint density at radius 2 is 2.33 bits per heavy atom. The predicted molar refractivity (Wildman–Crippen MR) is 47.0 cm³/mol. The molecule has 1 heterocycles. The summed E-state index contributed by atoms with van der Waals surface area (Å²) in [7, 11) is 0. The minimum Gasteiger partial charge on any atom is -0.389 e. The van der Waals surface area contributed by atoms with Gasteiger partial charge in [-0.25, -0.2) is 0 Å². The fraction of sp³-hybridized carbons (Fsp3) is 0.889. The lowest BCUT2D eigenvalue weighted by molar-refractivity contribution is -0.119. The Balaban J connectivity index is 2.41. The third-order valence-electron chi connectivity index (χ3n) is 2.20. The predicted octanol–water partition coefficient (Wildman–Crippen LogP) is 0.422. The number of nitrogens with zero attached hydrogens (tertiary/aromatic N) is 1. The highest BCUT2D eigenvalue weighted by atomic mass is 16.3. The molecule has 1 atom stereocenters. The van der Waals surface area contributed by atoms with Gasteiger partial charge in [-0.05, 0) is 33.2 Å². The van der Waals surface area contributed by atoms with Crippen molar-refractivity contribution < 1.29 is 9.90 Å². The van der Waals surface area contributed by atoms with Crippen molar-refractivity contribution in [2.75, 3.05) is 19.6 Å². The van der Waals surface area contributed by atoms with Crippen LogP contribution in [0.4, 0.5) is 0 Å². The molecule has 1 aliphatic rings. The molecule has 1 N–H and O–H groups in total. The molecule has 1 unspecified atom stereocenters. The summed E-state index contributed by atoms with van der Waals surface area (Å²) in [6, 6.07) is 0. The molecule has 12 heavy (non-hydrogen) atoms. The van der Waals surface area contributed by atoms with Crippen LogP contribution in [0.3, 0.4) is 0 Å². The lowest BCUT2D eigenvalue weighted by Crippen LogP contribution is -2.47. The van der Waals surface area contributed by atoms with Crippen molar-refractivity contribution in [3.05, 3.63) is 0 Å². The Morgan fingerprint density at radius 1 is 1.67 bits per heavy atom. The van der Waals surface area contributed by atoms with E-state index >= 15 is 0 Å². The molecule has 0 saturated carbocycles. The highest BCUT2D eigenvalue weighted by Crippen LogP contribution is 2.19.